The SMILES string of the molecule is Cc1cc(C)c(CC2CCN(c3c(C)cc(C)cc3C)CC2)c(C)c1. The number of hydrogen-bond donors (Lipinski definition) is 0. The van der Waals surface area contributed by atoms with Gasteiger partial charge in [-0.3, -0.25) is 0 Å². The molecule has 134 valence electrons. The summed E-state index contributed by atoms with van der Waals surface area (Å²) in [6, 6.07) is 9.34. The van der Waals surface area contributed by atoms with Gasteiger partial charge in [0.1, 0.15) is 0 Å². The van der Waals surface area contributed by atoms with Crippen molar-refractivity contribution in [3.8, 4) is 0 Å². The van der Waals surface area contributed by atoms with E-state index in [0.29, 0.717) is 0 Å². The lowest BCUT2D eigenvalue weighted by molar-refractivity contribution is 0.402. The molecule has 1 saturated heterocycles. The molecule has 0 saturated carbocycles. The Kier molecular flexibility index (Phi) is 5.22. The minimum Gasteiger partial charge on any atom is -0.371 e. The first-order chi connectivity index (χ1) is 11.8. The number of anilines is 1. The molecule has 3 rings (SSSR count). The van der Waals surface area contributed by atoms with E-state index in [1.165, 1.54) is 71.4 Å². The van der Waals surface area contributed by atoms with Crippen molar-refractivity contribution >= 4 is 5.69 Å². The molecule has 1 heteroatoms. The van der Waals surface area contributed by atoms with Crippen molar-refractivity contribution in [1.29, 1.82) is 0 Å². The molecule has 1 fully saturated rings. The van der Waals surface area contributed by atoms with Crippen LogP contribution in [0.15, 0.2) is 24.3 Å². The van der Waals surface area contributed by atoms with E-state index in [0.717, 1.165) is 5.92 Å². The Labute approximate surface area is 154 Å². The number of nitrogens with zero attached hydrogens (tertiary/aromatic N) is 1. The quantitative estimate of drug-likeness (QED) is 0.665. The normalized spacial score (nSPS) is 15.7. The summed E-state index contributed by atoms with van der Waals surface area (Å²) in [5.41, 5.74) is 11.6. The number of aryl methyl sites for hydroxylation is 6. The first kappa shape index (κ1) is 18.0. The largest absolute Gasteiger partial charge is 0.371 e. The predicted molar refractivity (Wildman–Crippen MR) is 110 cm³/mol. The molecule has 2 aromatic rings. The molecule has 1 aliphatic heterocycles. The minimum atomic E-state index is 0.822. The Morgan fingerprint density at radius 1 is 0.720 bits per heavy atom. The third kappa shape index (κ3) is 3.92. The van der Waals surface area contributed by atoms with Crippen molar-refractivity contribution in [2.45, 2.75) is 60.8 Å². The smallest absolute Gasteiger partial charge is 0.0425 e. The van der Waals surface area contributed by atoms with Crippen molar-refractivity contribution in [3.05, 3.63) is 63.2 Å². The van der Waals surface area contributed by atoms with Gasteiger partial charge in [-0.05, 0) is 94.5 Å². The molecule has 0 amide bonds. The molecule has 25 heavy (non-hydrogen) atoms. The van der Waals surface area contributed by atoms with Crippen molar-refractivity contribution < 1.29 is 0 Å². The molecule has 0 radical (unpaired) electrons. The third-order valence-corrected chi connectivity index (χ3v) is 5.90. The zero-order valence-corrected chi connectivity index (χ0v) is 16.9. The van der Waals surface area contributed by atoms with E-state index in [4.69, 9.17) is 0 Å². The van der Waals surface area contributed by atoms with E-state index in [9.17, 15) is 0 Å². The maximum atomic E-state index is 2.62. The van der Waals surface area contributed by atoms with Gasteiger partial charge in [0.25, 0.3) is 0 Å². The van der Waals surface area contributed by atoms with Crippen molar-refractivity contribution in [2.24, 2.45) is 5.92 Å². The first-order valence-electron chi connectivity index (χ1n) is 9.74. The maximum absolute atomic E-state index is 2.62. The fourth-order valence-electron chi connectivity index (χ4n) is 4.85. The summed E-state index contributed by atoms with van der Waals surface area (Å²) in [5, 5.41) is 0. The lowest BCUT2D eigenvalue weighted by atomic mass is 9.86. The summed E-state index contributed by atoms with van der Waals surface area (Å²) in [5.74, 6) is 0.822. The zero-order chi connectivity index (χ0) is 18.1. The van der Waals surface area contributed by atoms with E-state index in [1.807, 2.05) is 0 Å². The van der Waals surface area contributed by atoms with Gasteiger partial charge >= 0.3 is 0 Å². The Hall–Kier alpha value is -1.76. The second kappa shape index (κ2) is 7.23. The van der Waals surface area contributed by atoms with Gasteiger partial charge in [-0.1, -0.05) is 35.4 Å². The van der Waals surface area contributed by atoms with Gasteiger partial charge in [0, 0.05) is 18.8 Å². The van der Waals surface area contributed by atoms with Crippen molar-refractivity contribution in [1.82, 2.24) is 0 Å². The van der Waals surface area contributed by atoms with Gasteiger partial charge in [0.05, 0.1) is 0 Å². The molecule has 2 aromatic carbocycles. The highest BCUT2D eigenvalue weighted by atomic mass is 15.1. The molecule has 0 unspecified atom stereocenters. The molecular weight excluding hydrogens is 302 g/mol. The first-order valence-corrected chi connectivity index (χ1v) is 9.74. The summed E-state index contributed by atoms with van der Waals surface area (Å²) in [4.78, 5) is 2.62. The molecule has 1 aliphatic rings. The van der Waals surface area contributed by atoms with Crippen LogP contribution in [0.1, 0.15) is 51.8 Å². The Morgan fingerprint density at radius 3 is 1.64 bits per heavy atom. The second-order valence-corrected chi connectivity index (χ2v) is 8.26. The van der Waals surface area contributed by atoms with Crippen LogP contribution in [-0.2, 0) is 6.42 Å². The van der Waals surface area contributed by atoms with Crippen molar-refractivity contribution in [3.63, 3.8) is 0 Å². The Bertz CT molecular complexity index is 718. The summed E-state index contributed by atoms with van der Waals surface area (Å²) < 4.78 is 0. The summed E-state index contributed by atoms with van der Waals surface area (Å²) in [6.45, 7) is 15.9. The van der Waals surface area contributed by atoms with Gasteiger partial charge in [0.2, 0.25) is 0 Å². The molecule has 0 aromatic heterocycles. The van der Waals surface area contributed by atoms with Gasteiger partial charge in [-0.25, -0.2) is 0 Å². The number of benzene rings is 2. The average Bonchev–Trinajstić information content (AvgIpc) is 2.51. The highest BCUT2D eigenvalue weighted by Crippen LogP contribution is 2.32. The van der Waals surface area contributed by atoms with E-state index in [-0.39, 0.29) is 0 Å². The maximum Gasteiger partial charge on any atom is 0.0425 e. The Morgan fingerprint density at radius 2 is 1.16 bits per heavy atom. The van der Waals surface area contributed by atoms with Gasteiger partial charge < -0.3 is 4.90 Å². The van der Waals surface area contributed by atoms with Gasteiger partial charge in [0.15, 0.2) is 0 Å². The zero-order valence-electron chi connectivity index (χ0n) is 16.9. The summed E-state index contributed by atoms with van der Waals surface area (Å²) >= 11 is 0. The van der Waals surface area contributed by atoms with E-state index < -0.39 is 0 Å². The average molecular weight is 336 g/mol. The van der Waals surface area contributed by atoms with Gasteiger partial charge in [-0.2, -0.15) is 0 Å². The van der Waals surface area contributed by atoms with Crippen LogP contribution in [0.2, 0.25) is 0 Å². The van der Waals surface area contributed by atoms with Crippen LogP contribution in [0.5, 0.6) is 0 Å². The molecule has 0 spiro atoms. The number of hydrogen-bond acceptors (Lipinski definition) is 1. The van der Waals surface area contributed by atoms with E-state index in [1.54, 1.807) is 5.56 Å². The highest BCUT2D eigenvalue weighted by molar-refractivity contribution is 5.60. The molecule has 0 bridgehead atoms. The molecular formula is C24H33N. The molecule has 0 atom stereocenters. The summed E-state index contributed by atoms with van der Waals surface area (Å²) in [7, 11) is 0. The fourth-order valence-corrected chi connectivity index (χ4v) is 4.85. The van der Waals surface area contributed by atoms with Crippen LogP contribution in [0, 0.1) is 47.5 Å². The highest BCUT2D eigenvalue weighted by Gasteiger charge is 2.22. The molecule has 0 N–H and O–H groups in total. The predicted octanol–water partition coefficient (Wildman–Crippen LogP) is 6.00. The molecule has 1 nitrogen and oxygen atoms in total. The summed E-state index contributed by atoms with van der Waals surface area (Å²) in [6.07, 6.45) is 3.86. The van der Waals surface area contributed by atoms with Crippen LogP contribution in [-0.4, -0.2) is 13.1 Å². The van der Waals surface area contributed by atoms with Crippen LogP contribution in [0.3, 0.4) is 0 Å². The van der Waals surface area contributed by atoms with E-state index in [2.05, 4.69) is 70.7 Å². The van der Waals surface area contributed by atoms with Crippen molar-refractivity contribution in [2.75, 3.05) is 18.0 Å². The standard InChI is InChI=1S/C24H33N/c1-16-11-18(3)23(19(4)12-16)15-22-7-9-25(10-8-22)24-20(5)13-17(2)14-21(24)6/h11-14,22H,7-10,15H2,1-6H3. The number of piperidine rings is 1. The molecule has 0 aliphatic carbocycles. The minimum absolute atomic E-state index is 0.822. The lowest BCUT2D eigenvalue weighted by Gasteiger charge is -2.36. The van der Waals surface area contributed by atoms with Crippen LogP contribution < -0.4 is 4.90 Å². The van der Waals surface area contributed by atoms with E-state index >= 15 is 0 Å². The topological polar surface area (TPSA) is 3.24 Å². The Balaban J connectivity index is 1.69. The monoisotopic (exact) mass is 335 g/mol. The molecule has 1 heterocycles. The van der Waals surface area contributed by atoms with Crippen LogP contribution in [0.4, 0.5) is 5.69 Å². The fraction of sp³-hybridized carbons (Fsp3) is 0.500. The second-order valence-electron chi connectivity index (χ2n) is 8.26. The number of rotatable bonds is 3. The van der Waals surface area contributed by atoms with Gasteiger partial charge in [-0.15, -0.1) is 0 Å². The van der Waals surface area contributed by atoms with Crippen LogP contribution >= 0.6 is 0 Å². The third-order valence-electron chi connectivity index (χ3n) is 5.90. The van der Waals surface area contributed by atoms with Crippen LogP contribution in [0.25, 0.3) is 0 Å². The lowest BCUT2D eigenvalue weighted by Crippen LogP contribution is -2.35.